The number of ether oxygens (including phenoxy) is 1. The molecule has 2 aliphatic rings. The van der Waals surface area contributed by atoms with Crippen molar-refractivity contribution in [2.75, 3.05) is 5.32 Å². The maximum Gasteiger partial charge on any atom is 0.230 e. The first kappa shape index (κ1) is 17.1. The van der Waals surface area contributed by atoms with Crippen LogP contribution in [-0.4, -0.2) is 23.1 Å². The smallest absolute Gasteiger partial charge is 0.230 e. The summed E-state index contributed by atoms with van der Waals surface area (Å²) in [5.41, 5.74) is 4.26. The molecule has 5 rings (SSSR count). The van der Waals surface area contributed by atoms with Crippen LogP contribution in [-0.2, 0) is 9.53 Å². The molecule has 4 heteroatoms. The minimum absolute atomic E-state index is 0.00626. The van der Waals surface area contributed by atoms with Crippen LogP contribution in [0.4, 0.5) is 5.69 Å². The molecule has 2 fully saturated rings. The van der Waals surface area contributed by atoms with Crippen molar-refractivity contribution < 1.29 is 9.53 Å². The molecule has 2 aliphatic heterocycles. The quantitative estimate of drug-likeness (QED) is 0.727. The van der Waals surface area contributed by atoms with Gasteiger partial charge < -0.3 is 10.1 Å². The molecule has 0 spiro atoms. The molecular weight excluding hydrogens is 348 g/mol. The van der Waals surface area contributed by atoms with Crippen molar-refractivity contribution in [3.63, 3.8) is 0 Å². The molecule has 2 saturated heterocycles. The molecule has 2 bridgehead atoms. The van der Waals surface area contributed by atoms with E-state index in [2.05, 4.69) is 22.4 Å². The molecular formula is C24H22N2O2. The second kappa shape index (κ2) is 7.21. The van der Waals surface area contributed by atoms with E-state index in [-0.39, 0.29) is 30.0 Å². The number of pyridine rings is 1. The van der Waals surface area contributed by atoms with Crippen LogP contribution < -0.4 is 5.32 Å². The summed E-state index contributed by atoms with van der Waals surface area (Å²) in [7, 11) is 0. The second-order valence-electron chi connectivity index (χ2n) is 7.56. The number of nitrogens with one attached hydrogen (secondary N) is 1. The molecule has 0 aliphatic carbocycles. The van der Waals surface area contributed by atoms with Gasteiger partial charge in [0, 0.05) is 24.0 Å². The number of carbonyl (C=O) groups excluding carboxylic acids is 1. The molecule has 0 saturated carbocycles. The highest BCUT2D eigenvalue weighted by Crippen LogP contribution is 2.49. The predicted octanol–water partition coefficient (Wildman–Crippen LogP) is 4.65. The third kappa shape index (κ3) is 3.10. The van der Waals surface area contributed by atoms with E-state index < -0.39 is 0 Å². The minimum Gasteiger partial charge on any atom is -0.373 e. The van der Waals surface area contributed by atoms with Crippen molar-refractivity contribution in [1.82, 2.24) is 4.98 Å². The van der Waals surface area contributed by atoms with E-state index in [0.29, 0.717) is 0 Å². The van der Waals surface area contributed by atoms with Crippen LogP contribution >= 0.6 is 0 Å². The lowest BCUT2D eigenvalue weighted by Crippen LogP contribution is -2.36. The Labute approximate surface area is 164 Å². The molecule has 3 heterocycles. The van der Waals surface area contributed by atoms with Crippen LogP contribution in [0.2, 0.25) is 0 Å². The molecule has 1 aromatic heterocycles. The Morgan fingerprint density at radius 3 is 2.29 bits per heavy atom. The highest BCUT2D eigenvalue weighted by Gasteiger charge is 2.52. The van der Waals surface area contributed by atoms with E-state index in [9.17, 15) is 4.79 Å². The monoisotopic (exact) mass is 370 g/mol. The number of fused-ring (bicyclic) bond motifs is 2. The normalized spacial score (nSPS) is 25.6. The van der Waals surface area contributed by atoms with Crippen LogP contribution in [0.3, 0.4) is 0 Å². The Kier molecular flexibility index (Phi) is 4.41. The number of benzene rings is 2. The van der Waals surface area contributed by atoms with Crippen LogP contribution in [0.25, 0.3) is 11.1 Å². The van der Waals surface area contributed by atoms with Crippen LogP contribution in [0.15, 0.2) is 79.1 Å². The van der Waals surface area contributed by atoms with Crippen molar-refractivity contribution in [3.8, 4) is 11.1 Å². The van der Waals surface area contributed by atoms with E-state index in [1.54, 1.807) is 12.4 Å². The summed E-state index contributed by atoms with van der Waals surface area (Å²) in [5, 5.41) is 3.11. The van der Waals surface area contributed by atoms with E-state index >= 15 is 0 Å². The summed E-state index contributed by atoms with van der Waals surface area (Å²) < 4.78 is 6.11. The molecule has 4 atom stereocenters. The summed E-state index contributed by atoms with van der Waals surface area (Å²) in [6, 6.07) is 22.3. The summed E-state index contributed by atoms with van der Waals surface area (Å²) in [6.45, 7) is 0. The fourth-order valence-electron chi connectivity index (χ4n) is 4.62. The van der Waals surface area contributed by atoms with E-state index in [4.69, 9.17) is 4.74 Å². The van der Waals surface area contributed by atoms with Gasteiger partial charge in [0.05, 0.1) is 18.1 Å². The van der Waals surface area contributed by atoms with Gasteiger partial charge in [0.15, 0.2) is 0 Å². The lowest BCUT2D eigenvalue weighted by molar-refractivity contribution is -0.121. The SMILES string of the molecule is O=C(Nc1ccc(-c2ccccc2)cc1)C1C2CCC(O2)C1c1ccncc1. The molecule has 4 nitrogen and oxygen atoms in total. The maximum absolute atomic E-state index is 13.1. The average molecular weight is 370 g/mol. The number of rotatable bonds is 4. The standard InChI is InChI=1S/C24H22N2O2/c27-24(26-19-8-6-17(7-9-19)16-4-2-1-3-5-16)23-21-11-10-20(28-21)22(23)18-12-14-25-15-13-18/h1-9,12-15,20-23H,10-11H2,(H,26,27). The first-order chi connectivity index (χ1) is 13.8. The van der Waals surface area contributed by atoms with Gasteiger partial charge in [-0.1, -0.05) is 42.5 Å². The van der Waals surface area contributed by atoms with Crippen molar-refractivity contribution in [2.24, 2.45) is 5.92 Å². The number of aromatic nitrogens is 1. The number of nitrogens with zero attached hydrogens (tertiary/aromatic N) is 1. The lowest BCUT2D eigenvalue weighted by Gasteiger charge is -2.27. The van der Waals surface area contributed by atoms with E-state index in [0.717, 1.165) is 29.7 Å². The van der Waals surface area contributed by atoms with Crippen LogP contribution in [0, 0.1) is 5.92 Å². The summed E-state index contributed by atoms with van der Waals surface area (Å²) in [6.07, 6.45) is 5.69. The number of carbonyl (C=O) groups is 1. The summed E-state index contributed by atoms with van der Waals surface area (Å²) in [4.78, 5) is 17.2. The third-order valence-corrected chi connectivity index (χ3v) is 5.93. The molecule has 1 N–H and O–H groups in total. The second-order valence-corrected chi connectivity index (χ2v) is 7.56. The predicted molar refractivity (Wildman–Crippen MR) is 109 cm³/mol. The highest BCUT2D eigenvalue weighted by atomic mass is 16.5. The maximum atomic E-state index is 13.1. The largest absolute Gasteiger partial charge is 0.373 e. The van der Waals surface area contributed by atoms with Gasteiger partial charge in [-0.2, -0.15) is 0 Å². The molecule has 28 heavy (non-hydrogen) atoms. The average Bonchev–Trinajstić information content (AvgIpc) is 3.37. The van der Waals surface area contributed by atoms with Gasteiger partial charge in [-0.3, -0.25) is 9.78 Å². The minimum atomic E-state index is -0.157. The zero-order valence-electron chi connectivity index (χ0n) is 15.5. The molecule has 2 aromatic carbocycles. The first-order valence-corrected chi connectivity index (χ1v) is 9.81. The van der Waals surface area contributed by atoms with Gasteiger partial charge in [-0.05, 0) is 53.8 Å². The topological polar surface area (TPSA) is 51.2 Å². The Hall–Kier alpha value is -2.98. The Bertz CT molecular complexity index is 957. The van der Waals surface area contributed by atoms with E-state index in [1.807, 2.05) is 54.6 Å². The van der Waals surface area contributed by atoms with Gasteiger partial charge in [0.1, 0.15) is 0 Å². The zero-order chi connectivity index (χ0) is 18.9. The summed E-state index contributed by atoms with van der Waals surface area (Å²) in [5.74, 6) is -0.0123. The zero-order valence-corrected chi connectivity index (χ0v) is 15.5. The Morgan fingerprint density at radius 2 is 1.54 bits per heavy atom. The Balaban J connectivity index is 1.35. The van der Waals surface area contributed by atoms with Gasteiger partial charge in [-0.25, -0.2) is 0 Å². The number of hydrogen-bond acceptors (Lipinski definition) is 3. The fraction of sp³-hybridized carbons (Fsp3) is 0.250. The van der Waals surface area contributed by atoms with Crippen molar-refractivity contribution in [3.05, 3.63) is 84.7 Å². The Morgan fingerprint density at radius 1 is 0.857 bits per heavy atom. The van der Waals surface area contributed by atoms with Crippen molar-refractivity contribution in [2.45, 2.75) is 31.0 Å². The van der Waals surface area contributed by atoms with Gasteiger partial charge in [0.25, 0.3) is 0 Å². The first-order valence-electron chi connectivity index (χ1n) is 9.81. The number of hydrogen-bond donors (Lipinski definition) is 1. The molecule has 0 radical (unpaired) electrons. The fourth-order valence-corrected chi connectivity index (χ4v) is 4.62. The summed E-state index contributed by atoms with van der Waals surface area (Å²) >= 11 is 0. The van der Waals surface area contributed by atoms with Gasteiger partial charge in [-0.15, -0.1) is 0 Å². The third-order valence-electron chi connectivity index (χ3n) is 5.93. The van der Waals surface area contributed by atoms with Crippen molar-refractivity contribution in [1.29, 1.82) is 0 Å². The highest BCUT2D eigenvalue weighted by molar-refractivity contribution is 5.94. The van der Waals surface area contributed by atoms with E-state index in [1.165, 1.54) is 5.56 Å². The van der Waals surface area contributed by atoms with Crippen LogP contribution in [0.5, 0.6) is 0 Å². The number of amides is 1. The van der Waals surface area contributed by atoms with Crippen molar-refractivity contribution >= 4 is 11.6 Å². The molecule has 4 unspecified atom stereocenters. The molecule has 3 aromatic rings. The molecule has 140 valence electrons. The van der Waals surface area contributed by atoms with Gasteiger partial charge in [0.2, 0.25) is 5.91 Å². The van der Waals surface area contributed by atoms with Crippen LogP contribution in [0.1, 0.15) is 24.3 Å². The lowest BCUT2D eigenvalue weighted by atomic mass is 9.75. The van der Waals surface area contributed by atoms with Gasteiger partial charge >= 0.3 is 0 Å². The molecule has 1 amide bonds. The number of anilines is 1.